The normalized spacial score (nSPS) is 11.8. The topological polar surface area (TPSA) is 149 Å². The lowest BCUT2D eigenvalue weighted by atomic mass is 10.3. The molecule has 3 aromatic rings. The van der Waals surface area contributed by atoms with E-state index < -0.39 is 58.3 Å². The lowest BCUT2D eigenvalue weighted by Crippen LogP contribution is -2.34. The van der Waals surface area contributed by atoms with Crippen molar-refractivity contribution in [3.05, 3.63) is 129 Å². The fourth-order valence-electron chi connectivity index (χ4n) is 3.89. The van der Waals surface area contributed by atoms with Crippen LogP contribution in [0, 0.1) is 10.1 Å². The van der Waals surface area contributed by atoms with Gasteiger partial charge in [0, 0.05) is 32.0 Å². The van der Waals surface area contributed by atoms with Crippen molar-refractivity contribution in [1.82, 2.24) is 4.31 Å². The summed E-state index contributed by atoms with van der Waals surface area (Å²) in [4.78, 5) is 9.42. The molecular weight excluding hydrogens is 589 g/mol. The zero-order valence-corrected chi connectivity index (χ0v) is 24.2. The third-order valence-electron chi connectivity index (χ3n) is 6.01. The van der Waals surface area contributed by atoms with Crippen LogP contribution in [0.1, 0.15) is 12.8 Å². The Morgan fingerprint density at radius 2 is 1.07 bits per heavy atom. The summed E-state index contributed by atoms with van der Waals surface area (Å²) in [5, 5.41) is 11.6. The Bertz CT molecular complexity index is 1760. The van der Waals surface area contributed by atoms with Gasteiger partial charge in [-0.05, 0) is 30.3 Å². The van der Waals surface area contributed by atoms with Gasteiger partial charge in [0.05, 0.1) is 24.5 Å². The number of sulfone groups is 2. The molecule has 10 nitrogen and oxygen atoms in total. The highest BCUT2D eigenvalue weighted by Crippen LogP contribution is 2.29. The van der Waals surface area contributed by atoms with E-state index in [1.807, 2.05) is 0 Å². The first kappa shape index (κ1) is 31.4. The SMILES string of the molecule is C=C=C(CCN(CCC(=C=C)S(=O)(=O)c1ccccc1)S(=O)(=O)c1ccccc1[N+](=O)[O-])S(=O)(=O)c1ccccc1. The number of hydrogen-bond acceptors (Lipinski definition) is 8. The summed E-state index contributed by atoms with van der Waals surface area (Å²) < 4.78 is 80.8. The van der Waals surface area contributed by atoms with Crippen molar-refractivity contribution in [3.63, 3.8) is 0 Å². The number of hydrogen-bond donors (Lipinski definition) is 0. The molecule has 13 heteroatoms. The molecule has 3 aromatic carbocycles. The quantitative estimate of drug-likeness (QED) is 0.153. The first-order valence-corrected chi connectivity index (χ1v) is 16.4. The summed E-state index contributed by atoms with van der Waals surface area (Å²) in [7, 11) is -12.8. The number of nitro groups is 1. The highest BCUT2D eigenvalue weighted by Gasteiger charge is 2.33. The molecule has 0 bridgehead atoms. The van der Waals surface area contributed by atoms with Crippen LogP contribution in [-0.4, -0.2) is 47.6 Å². The van der Waals surface area contributed by atoms with Crippen molar-refractivity contribution < 1.29 is 30.2 Å². The number of rotatable bonds is 13. The molecule has 41 heavy (non-hydrogen) atoms. The van der Waals surface area contributed by atoms with Gasteiger partial charge >= 0.3 is 0 Å². The number of nitrogens with zero attached hydrogens (tertiary/aromatic N) is 2. The van der Waals surface area contributed by atoms with E-state index in [0.717, 1.165) is 16.4 Å². The molecule has 0 saturated carbocycles. The van der Waals surface area contributed by atoms with Crippen LogP contribution in [0.2, 0.25) is 0 Å². The molecule has 0 amide bonds. The first-order chi connectivity index (χ1) is 19.4. The Kier molecular flexibility index (Phi) is 10.0. The third kappa shape index (κ3) is 6.98. The smallest absolute Gasteiger partial charge is 0.258 e. The summed E-state index contributed by atoms with van der Waals surface area (Å²) in [5.74, 6) is 0. The maximum atomic E-state index is 13.7. The Labute approximate surface area is 239 Å². The van der Waals surface area contributed by atoms with Gasteiger partial charge in [-0.3, -0.25) is 10.1 Å². The molecule has 0 fully saturated rings. The van der Waals surface area contributed by atoms with Gasteiger partial charge in [0.1, 0.15) is 0 Å². The van der Waals surface area contributed by atoms with Crippen molar-refractivity contribution in [2.75, 3.05) is 13.1 Å². The van der Waals surface area contributed by atoms with Crippen molar-refractivity contribution in [2.45, 2.75) is 27.5 Å². The van der Waals surface area contributed by atoms with Gasteiger partial charge in [0.2, 0.25) is 29.7 Å². The molecule has 0 aliphatic carbocycles. The van der Waals surface area contributed by atoms with E-state index in [2.05, 4.69) is 24.6 Å². The molecule has 0 aromatic heterocycles. The molecule has 0 N–H and O–H groups in total. The van der Waals surface area contributed by atoms with Crippen molar-refractivity contribution in [2.24, 2.45) is 0 Å². The summed E-state index contributed by atoms with van der Waals surface area (Å²) in [6.07, 6.45) is -0.779. The Hall–Kier alpha value is -4.09. The molecule has 0 heterocycles. The lowest BCUT2D eigenvalue weighted by molar-refractivity contribution is -0.387. The van der Waals surface area contributed by atoms with E-state index in [1.54, 1.807) is 12.1 Å². The average molecular weight is 615 g/mol. The highest BCUT2D eigenvalue weighted by molar-refractivity contribution is 7.95. The molecule has 3 rings (SSSR count). The number of nitro benzene ring substituents is 1. The third-order valence-corrected chi connectivity index (χ3v) is 11.7. The van der Waals surface area contributed by atoms with Crippen LogP contribution >= 0.6 is 0 Å². The van der Waals surface area contributed by atoms with Crippen LogP contribution in [0.3, 0.4) is 0 Å². The molecule has 0 spiro atoms. The van der Waals surface area contributed by atoms with Crippen LogP contribution in [0.5, 0.6) is 0 Å². The predicted octanol–water partition coefficient (Wildman–Crippen LogP) is 4.65. The summed E-state index contributed by atoms with van der Waals surface area (Å²) in [5.41, 5.74) is 4.04. The molecule has 0 radical (unpaired) electrons. The maximum Gasteiger partial charge on any atom is 0.289 e. The number of para-hydroxylation sites is 1. The Morgan fingerprint density at radius 1 is 0.683 bits per heavy atom. The van der Waals surface area contributed by atoms with Crippen molar-refractivity contribution >= 4 is 35.4 Å². The van der Waals surface area contributed by atoms with Crippen molar-refractivity contribution in [1.29, 1.82) is 0 Å². The van der Waals surface area contributed by atoms with Crippen molar-refractivity contribution in [3.8, 4) is 0 Å². The zero-order valence-electron chi connectivity index (χ0n) is 21.7. The van der Waals surface area contributed by atoms with Crippen LogP contribution < -0.4 is 0 Å². The summed E-state index contributed by atoms with van der Waals surface area (Å²) in [6, 6.07) is 19.5. The molecule has 0 saturated heterocycles. The summed E-state index contributed by atoms with van der Waals surface area (Å²) >= 11 is 0. The molecule has 214 valence electrons. The second kappa shape index (κ2) is 13.0. The second-order valence-electron chi connectivity index (χ2n) is 8.46. The van der Waals surface area contributed by atoms with E-state index in [1.165, 1.54) is 60.7 Å². The van der Waals surface area contributed by atoms with E-state index >= 15 is 0 Å². The molecule has 0 atom stereocenters. The average Bonchev–Trinajstić information content (AvgIpc) is 2.97. The largest absolute Gasteiger partial charge is 0.289 e. The van der Waals surface area contributed by atoms with E-state index in [9.17, 15) is 35.4 Å². The maximum absolute atomic E-state index is 13.7. The van der Waals surface area contributed by atoms with Gasteiger partial charge in [-0.25, -0.2) is 25.3 Å². The van der Waals surface area contributed by atoms with Gasteiger partial charge in [0.15, 0.2) is 4.90 Å². The lowest BCUT2D eigenvalue weighted by Gasteiger charge is -2.23. The fourth-order valence-corrected chi connectivity index (χ4v) is 8.19. The van der Waals surface area contributed by atoms with E-state index in [4.69, 9.17) is 0 Å². The van der Waals surface area contributed by atoms with E-state index in [-0.39, 0.29) is 32.4 Å². The zero-order chi connectivity index (χ0) is 30.3. The second-order valence-corrected chi connectivity index (χ2v) is 14.3. The van der Waals surface area contributed by atoms with Gasteiger partial charge < -0.3 is 0 Å². The molecule has 0 unspecified atom stereocenters. The Morgan fingerprint density at radius 3 is 1.46 bits per heavy atom. The minimum absolute atomic E-state index is 0.0508. The van der Waals surface area contributed by atoms with E-state index in [0.29, 0.717) is 0 Å². The monoisotopic (exact) mass is 614 g/mol. The highest BCUT2D eigenvalue weighted by atomic mass is 32.2. The van der Waals surface area contributed by atoms with Crippen LogP contribution in [0.25, 0.3) is 0 Å². The van der Waals surface area contributed by atoms with Crippen LogP contribution in [-0.2, 0) is 29.7 Å². The number of benzene rings is 3. The van der Waals surface area contributed by atoms with Gasteiger partial charge in [-0.1, -0.05) is 61.7 Å². The molecule has 0 aliphatic rings. The summed E-state index contributed by atoms with van der Waals surface area (Å²) in [6.45, 7) is 5.93. The molecule has 0 aliphatic heterocycles. The first-order valence-electron chi connectivity index (χ1n) is 12.0. The van der Waals surface area contributed by atoms with Gasteiger partial charge in [-0.15, -0.1) is 11.5 Å². The fraction of sp³-hybridized carbons (Fsp3) is 0.143. The minimum atomic E-state index is -4.63. The minimum Gasteiger partial charge on any atom is -0.258 e. The standard InChI is InChI=1S/C28H26N2O8S3/c1-3-23(39(33,34)25-13-7-5-8-14-25)19-21-29(41(37,38)28-18-12-11-17-27(28)30(31)32)22-20-24(4-2)40(35,36)26-15-9-6-10-16-26/h5-18H,1-2,19-22H2. The van der Waals surface area contributed by atoms with Crippen LogP contribution in [0.4, 0.5) is 5.69 Å². The van der Waals surface area contributed by atoms with Gasteiger partial charge in [0.25, 0.3) is 5.69 Å². The molecular formula is C28H26N2O8S3. The van der Waals surface area contributed by atoms with Crippen LogP contribution in [0.15, 0.2) is 134 Å². The van der Waals surface area contributed by atoms with Gasteiger partial charge in [-0.2, -0.15) is 4.31 Å². The number of sulfonamides is 1. The Balaban J connectivity index is 2.01. The predicted molar refractivity (Wildman–Crippen MR) is 154 cm³/mol.